The summed E-state index contributed by atoms with van der Waals surface area (Å²) in [5, 5.41) is 0. The van der Waals surface area contributed by atoms with Gasteiger partial charge in [0.05, 0.1) is 12.7 Å². The van der Waals surface area contributed by atoms with Crippen molar-refractivity contribution in [1.29, 1.82) is 0 Å². The molecule has 0 aromatic heterocycles. The van der Waals surface area contributed by atoms with Crippen LogP contribution >= 0.6 is 0 Å². The fourth-order valence-corrected chi connectivity index (χ4v) is 10.4. The summed E-state index contributed by atoms with van der Waals surface area (Å²) in [4.78, 5) is 24.0. The molecule has 0 N–H and O–H groups in total. The Labute approximate surface area is 222 Å². The van der Waals surface area contributed by atoms with Gasteiger partial charge in [-0.3, -0.25) is 9.59 Å². The maximum absolute atomic E-state index is 12.2. The summed E-state index contributed by atoms with van der Waals surface area (Å²) in [6.07, 6.45) is 10.3. The molecule has 206 valence electrons. The molecule has 6 rings (SSSR count). The summed E-state index contributed by atoms with van der Waals surface area (Å²) < 4.78 is 25.1. The molecule has 6 heteroatoms. The van der Waals surface area contributed by atoms with Crippen molar-refractivity contribution in [2.75, 3.05) is 6.61 Å². The van der Waals surface area contributed by atoms with E-state index in [0.29, 0.717) is 41.9 Å². The van der Waals surface area contributed by atoms with E-state index in [0.717, 1.165) is 38.7 Å². The van der Waals surface area contributed by atoms with Crippen molar-refractivity contribution in [3.05, 3.63) is 11.6 Å². The molecule has 5 fully saturated rings. The van der Waals surface area contributed by atoms with E-state index in [1.807, 2.05) is 0 Å². The van der Waals surface area contributed by atoms with E-state index in [1.54, 1.807) is 0 Å². The second-order valence-corrected chi connectivity index (χ2v) is 13.9. The van der Waals surface area contributed by atoms with E-state index in [4.69, 9.17) is 18.9 Å². The third kappa shape index (κ3) is 3.78. The maximum atomic E-state index is 12.2. The molecule has 2 aliphatic heterocycles. The van der Waals surface area contributed by atoms with Crippen molar-refractivity contribution < 1.29 is 28.5 Å². The highest BCUT2D eigenvalue weighted by Gasteiger charge is 2.69. The normalized spacial score (nSPS) is 52.4. The van der Waals surface area contributed by atoms with Gasteiger partial charge in [0.1, 0.15) is 12.2 Å². The fourth-order valence-electron chi connectivity index (χ4n) is 10.4. The molecule has 0 aromatic rings. The number of allylic oxidation sites excluding steroid dienone is 1. The minimum absolute atomic E-state index is 0.208. The molecule has 4 aliphatic carbocycles. The van der Waals surface area contributed by atoms with Gasteiger partial charge in [-0.2, -0.15) is 0 Å². The third-order valence-electron chi connectivity index (χ3n) is 12.0. The van der Waals surface area contributed by atoms with E-state index >= 15 is 0 Å². The van der Waals surface area contributed by atoms with Crippen molar-refractivity contribution in [1.82, 2.24) is 0 Å². The molecular weight excluding hydrogens is 468 g/mol. The van der Waals surface area contributed by atoms with Gasteiger partial charge in [-0.05, 0) is 67.1 Å². The van der Waals surface area contributed by atoms with Gasteiger partial charge in [0, 0.05) is 44.4 Å². The quantitative estimate of drug-likeness (QED) is 0.341. The van der Waals surface area contributed by atoms with Gasteiger partial charge in [-0.15, -0.1) is 0 Å². The highest BCUT2D eigenvalue weighted by Crippen LogP contribution is 2.70. The Kier molecular flexibility index (Phi) is 6.15. The average molecular weight is 515 g/mol. The number of hydrogen-bond acceptors (Lipinski definition) is 6. The maximum Gasteiger partial charge on any atom is 0.302 e. The highest BCUT2D eigenvalue weighted by molar-refractivity contribution is 5.67. The first-order valence-corrected chi connectivity index (χ1v) is 14.8. The predicted octanol–water partition coefficient (Wildman–Crippen LogP) is 5.83. The van der Waals surface area contributed by atoms with Crippen LogP contribution in [0, 0.1) is 46.3 Å². The van der Waals surface area contributed by atoms with Gasteiger partial charge < -0.3 is 18.9 Å². The Balaban J connectivity index is 1.28. The van der Waals surface area contributed by atoms with Crippen LogP contribution in [0.25, 0.3) is 0 Å². The second kappa shape index (κ2) is 8.81. The molecule has 0 aromatic carbocycles. The van der Waals surface area contributed by atoms with E-state index in [1.165, 1.54) is 32.3 Å². The van der Waals surface area contributed by atoms with Gasteiger partial charge in [0.2, 0.25) is 0 Å². The SMILES string of the molecule is CC(=O)O[C@H]1CC2=CC[C@H]3[C@@H]4C[C@@H]5O[C@]6(CC[C@@H](C)CO6)[C@@H](C)[C@@H]5[C@@]4(C)CC[C@@H]3[C@@]2(C)[C@@H](OC(C)=O)C1. The van der Waals surface area contributed by atoms with Crippen LogP contribution in [0.15, 0.2) is 11.6 Å². The lowest BCUT2D eigenvalue weighted by molar-refractivity contribution is -0.272. The average Bonchev–Trinajstić information content (AvgIpc) is 3.26. The summed E-state index contributed by atoms with van der Waals surface area (Å²) in [6, 6.07) is 0. The molecule has 0 unspecified atom stereocenters. The van der Waals surface area contributed by atoms with Gasteiger partial charge in [0.25, 0.3) is 0 Å². The van der Waals surface area contributed by atoms with E-state index in [9.17, 15) is 9.59 Å². The number of fused-ring (bicyclic) bond motifs is 7. The van der Waals surface area contributed by atoms with Crippen LogP contribution in [-0.4, -0.2) is 42.6 Å². The Morgan fingerprint density at radius 1 is 1.00 bits per heavy atom. The molecule has 0 amide bonds. The number of ether oxygens (including phenoxy) is 4. The van der Waals surface area contributed by atoms with Gasteiger partial charge in [-0.1, -0.05) is 39.3 Å². The molecule has 0 bridgehead atoms. The minimum atomic E-state index is -0.381. The van der Waals surface area contributed by atoms with Crippen LogP contribution in [0.1, 0.15) is 92.9 Å². The molecule has 37 heavy (non-hydrogen) atoms. The lowest BCUT2D eigenvalue weighted by Gasteiger charge is -2.60. The molecule has 3 saturated carbocycles. The summed E-state index contributed by atoms with van der Waals surface area (Å²) in [7, 11) is 0. The predicted molar refractivity (Wildman–Crippen MR) is 138 cm³/mol. The topological polar surface area (TPSA) is 71.1 Å². The number of carbonyl (C=O) groups is 2. The molecule has 1 spiro atoms. The van der Waals surface area contributed by atoms with E-state index in [2.05, 4.69) is 33.8 Å². The molecule has 6 aliphatic rings. The monoisotopic (exact) mass is 514 g/mol. The Morgan fingerprint density at radius 2 is 1.76 bits per heavy atom. The first-order valence-electron chi connectivity index (χ1n) is 14.8. The first kappa shape index (κ1) is 25.9. The van der Waals surface area contributed by atoms with Crippen molar-refractivity contribution in [3.63, 3.8) is 0 Å². The van der Waals surface area contributed by atoms with Crippen LogP contribution in [0.5, 0.6) is 0 Å². The summed E-state index contributed by atoms with van der Waals surface area (Å²) in [5.74, 6) is 2.29. The number of esters is 2. The van der Waals surface area contributed by atoms with Crippen LogP contribution in [0.2, 0.25) is 0 Å². The zero-order chi connectivity index (χ0) is 26.3. The first-order chi connectivity index (χ1) is 17.5. The van der Waals surface area contributed by atoms with E-state index < -0.39 is 0 Å². The summed E-state index contributed by atoms with van der Waals surface area (Å²) in [6.45, 7) is 13.3. The van der Waals surface area contributed by atoms with Crippen molar-refractivity contribution in [2.24, 2.45) is 46.3 Å². The standard InChI is InChI=1S/C31H46O6/c1-17-9-12-31(34-16-17)18(2)28-26(37-31)15-25-23-8-7-21-13-22(35-19(3)32)14-27(36-20(4)33)30(21,6)24(23)10-11-29(25,28)5/h7,17-18,22-28H,8-16H2,1-6H3/t17-,18+,22+,23-,24+,25+,26+,27+,28+,29+,30+,31-/m1/s1. The molecule has 2 heterocycles. The van der Waals surface area contributed by atoms with Gasteiger partial charge in [0.15, 0.2) is 5.79 Å². The lowest BCUT2D eigenvalue weighted by atomic mass is 9.46. The number of hydrogen-bond donors (Lipinski definition) is 0. The zero-order valence-electron chi connectivity index (χ0n) is 23.6. The van der Waals surface area contributed by atoms with Crippen molar-refractivity contribution >= 4 is 11.9 Å². The van der Waals surface area contributed by atoms with Crippen LogP contribution in [0.3, 0.4) is 0 Å². The summed E-state index contributed by atoms with van der Waals surface area (Å²) >= 11 is 0. The summed E-state index contributed by atoms with van der Waals surface area (Å²) in [5.41, 5.74) is 1.36. The van der Waals surface area contributed by atoms with Crippen LogP contribution in [0.4, 0.5) is 0 Å². The Bertz CT molecular complexity index is 980. The lowest BCUT2D eigenvalue weighted by Crippen LogP contribution is -2.57. The smallest absolute Gasteiger partial charge is 0.302 e. The minimum Gasteiger partial charge on any atom is -0.462 e. The fraction of sp³-hybridized carbons (Fsp3) is 0.871. The highest BCUT2D eigenvalue weighted by atomic mass is 16.7. The van der Waals surface area contributed by atoms with E-state index in [-0.39, 0.29) is 46.9 Å². The number of rotatable bonds is 2. The van der Waals surface area contributed by atoms with Crippen molar-refractivity contribution in [2.45, 2.75) is 117 Å². The zero-order valence-corrected chi connectivity index (χ0v) is 23.6. The molecule has 0 radical (unpaired) electrons. The largest absolute Gasteiger partial charge is 0.462 e. The van der Waals surface area contributed by atoms with Crippen molar-refractivity contribution in [3.8, 4) is 0 Å². The van der Waals surface area contributed by atoms with Gasteiger partial charge in [-0.25, -0.2) is 0 Å². The molecule has 12 atom stereocenters. The molecule has 2 saturated heterocycles. The number of carbonyl (C=O) groups excluding carboxylic acids is 2. The molecule has 6 nitrogen and oxygen atoms in total. The Morgan fingerprint density at radius 3 is 2.43 bits per heavy atom. The third-order valence-corrected chi connectivity index (χ3v) is 12.0. The molecular formula is C31H46O6. The Hall–Kier alpha value is -1.40. The van der Waals surface area contributed by atoms with Crippen LogP contribution < -0.4 is 0 Å². The van der Waals surface area contributed by atoms with Crippen LogP contribution in [-0.2, 0) is 28.5 Å². The second-order valence-electron chi connectivity index (χ2n) is 13.9. The van der Waals surface area contributed by atoms with Gasteiger partial charge >= 0.3 is 11.9 Å².